The largest absolute Gasteiger partial charge is 0.345 e. The van der Waals surface area contributed by atoms with Crippen molar-refractivity contribution in [3.05, 3.63) is 23.0 Å². The topological polar surface area (TPSA) is 22.0 Å². The van der Waals surface area contributed by atoms with Crippen LogP contribution in [0.4, 0.5) is 0 Å². The van der Waals surface area contributed by atoms with Crippen molar-refractivity contribution in [2.24, 2.45) is 7.05 Å². The highest BCUT2D eigenvalue weighted by Gasteiger charge is 2.09. The number of carbonyl (C=O) groups excluding carboxylic acids is 1. The number of hydrogen-bond donors (Lipinski definition) is 0. The lowest BCUT2D eigenvalue weighted by Gasteiger charge is -2.00. The van der Waals surface area contributed by atoms with Crippen molar-refractivity contribution in [2.45, 2.75) is 20.8 Å². The van der Waals surface area contributed by atoms with E-state index in [0.29, 0.717) is 0 Å². The predicted molar refractivity (Wildman–Crippen MR) is 44.9 cm³/mol. The quantitative estimate of drug-likeness (QED) is 0.561. The molecule has 0 aliphatic carbocycles. The number of rotatable bonds is 1. The minimum absolute atomic E-state index is 0.137. The lowest BCUT2D eigenvalue weighted by Crippen LogP contribution is -2.03. The molecule has 1 heterocycles. The molecule has 0 N–H and O–H groups in total. The van der Waals surface area contributed by atoms with Gasteiger partial charge in [0.2, 0.25) is 0 Å². The summed E-state index contributed by atoms with van der Waals surface area (Å²) in [6.45, 7) is 5.56. The van der Waals surface area contributed by atoms with Gasteiger partial charge in [-0.3, -0.25) is 4.79 Å². The van der Waals surface area contributed by atoms with Gasteiger partial charge in [-0.05, 0) is 25.5 Å². The van der Waals surface area contributed by atoms with E-state index < -0.39 is 0 Å². The van der Waals surface area contributed by atoms with E-state index in [1.807, 2.05) is 31.5 Å². The molecule has 2 heteroatoms. The number of ketones is 1. The molecule has 0 saturated heterocycles. The van der Waals surface area contributed by atoms with E-state index in [1.165, 1.54) is 0 Å². The summed E-state index contributed by atoms with van der Waals surface area (Å²) in [4.78, 5) is 11.1. The smallest absolute Gasteiger partial charge is 0.176 e. The van der Waals surface area contributed by atoms with Crippen LogP contribution in [0, 0.1) is 13.8 Å². The zero-order valence-corrected chi connectivity index (χ0v) is 7.43. The van der Waals surface area contributed by atoms with Gasteiger partial charge < -0.3 is 4.57 Å². The molecule has 0 atom stereocenters. The standard InChI is InChI=1S/C9H13NO/c1-6-5-7(2)10(4)9(6)8(3)11/h5H,1-4H3. The monoisotopic (exact) mass is 151 g/mol. The molecule has 0 unspecified atom stereocenters. The molecule has 60 valence electrons. The molecule has 0 aliphatic heterocycles. The Kier molecular flexibility index (Phi) is 1.85. The fraction of sp³-hybridized carbons (Fsp3) is 0.444. The maximum atomic E-state index is 11.1. The van der Waals surface area contributed by atoms with Crippen LogP contribution in [0.1, 0.15) is 28.7 Å². The molecule has 11 heavy (non-hydrogen) atoms. The first-order valence-electron chi connectivity index (χ1n) is 3.68. The van der Waals surface area contributed by atoms with Crippen LogP contribution in [-0.2, 0) is 7.05 Å². The highest BCUT2D eigenvalue weighted by molar-refractivity contribution is 5.94. The number of Topliss-reactive ketones (excluding diaryl/α,β-unsaturated/α-hetero) is 1. The number of carbonyl (C=O) groups is 1. The molecule has 1 rings (SSSR count). The van der Waals surface area contributed by atoms with Gasteiger partial charge >= 0.3 is 0 Å². The molecule has 0 spiro atoms. The Morgan fingerprint density at radius 3 is 2.18 bits per heavy atom. The first-order valence-corrected chi connectivity index (χ1v) is 3.68. The number of hydrogen-bond acceptors (Lipinski definition) is 1. The van der Waals surface area contributed by atoms with Crippen LogP contribution < -0.4 is 0 Å². The third kappa shape index (κ3) is 1.20. The van der Waals surface area contributed by atoms with Crippen LogP contribution in [0.2, 0.25) is 0 Å². The van der Waals surface area contributed by atoms with Crippen molar-refractivity contribution in [1.29, 1.82) is 0 Å². The Bertz CT molecular complexity index is 297. The second-order valence-electron chi connectivity index (χ2n) is 2.93. The van der Waals surface area contributed by atoms with Crippen molar-refractivity contribution < 1.29 is 4.79 Å². The van der Waals surface area contributed by atoms with E-state index in [1.54, 1.807) is 6.92 Å². The highest BCUT2D eigenvalue weighted by Crippen LogP contribution is 2.12. The number of aromatic nitrogens is 1. The van der Waals surface area contributed by atoms with Crippen LogP contribution in [0.15, 0.2) is 6.07 Å². The van der Waals surface area contributed by atoms with Crippen molar-refractivity contribution in [3.63, 3.8) is 0 Å². The molecule has 0 bridgehead atoms. The van der Waals surface area contributed by atoms with E-state index in [2.05, 4.69) is 0 Å². The molecular weight excluding hydrogens is 138 g/mol. The summed E-state index contributed by atoms with van der Waals surface area (Å²) in [6, 6.07) is 2.02. The first kappa shape index (κ1) is 8.05. The van der Waals surface area contributed by atoms with E-state index >= 15 is 0 Å². The van der Waals surface area contributed by atoms with Gasteiger partial charge in [-0.15, -0.1) is 0 Å². The van der Waals surface area contributed by atoms with E-state index in [-0.39, 0.29) is 5.78 Å². The van der Waals surface area contributed by atoms with Gasteiger partial charge in [0.05, 0.1) is 5.69 Å². The van der Waals surface area contributed by atoms with Gasteiger partial charge in [-0.1, -0.05) is 0 Å². The molecule has 0 amide bonds. The third-order valence-corrected chi connectivity index (χ3v) is 2.00. The van der Waals surface area contributed by atoms with Crippen LogP contribution in [-0.4, -0.2) is 10.4 Å². The van der Waals surface area contributed by atoms with Crippen molar-refractivity contribution in [1.82, 2.24) is 4.57 Å². The maximum Gasteiger partial charge on any atom is 0.176 e. The summed E-state index contributed by atoms with van der Waals surface area (Å²) in [5.74, 6) is 0.137. The lowest BCUT2D eigenvalue weighted by atomic mass is 10.2. The summed E-state index contributed by atoms with van der Waals surface area (Å²) >= 11 is 0. The zero-order chi connectivity index (χ0) is 8.59. The van der Waals surface area contributed by atoms with Crippen LogP contribution >= 0.6 is 0 Å². The van der Waals surface area contributed by atoms with Crippen LogP contribution in [0.5, 0.6) is 0 Å². The first-order chi connectivity index (χ1) is 5.04. The number of nitrogens with zero attached hydrogens (tertiary/aromatic N) is 1. The molecule has 0 radical (unpaired) electrons. The van der Waals surface area contributed by atoms with Crippen LogP contribution in [0.3, 0.4) is 0 Å². The SMILES string of the molecule is CC(=O)c1c(C)cc(C)n1C. The van der Waals surface area contributed by atoms with Crippen LogP contribution in [0.25, 0.3) is 0 Å². The van der Waals surface area contributed by atoms with Gasteiger partial charge in [0.15, 0.2) is 5.78 Å². The second kappa shape index (κ2) is 2.53. The van der Waals surface area contributed by atoms with Gasteiger partial charge in [0.1, 0.15) is 0 Å². The molecule has 0 aromatic carbocycles. The summed E-state index contributed by atoms with van der Waals surface area (Å²) in [6.07, 6.45) is 0. The summed E-state index contributed by atoms with van der Waals surface area (Å²) in [5, 5.41) is 0. The Balaban J connectivity index is 3.34. The van der Waals surface area contributed by atoms with E-state index in [4.69, 9.17) is 0 Å². The molecule has 2 nitrogen and oxygen atoms in total. The zero-order valence-electron chi connectivity index (χ0n) is 7.43. The third-order valence-electron chi connectivity index (χ3n) is 2.00. The summed E-state index contributed by atoms with van der Waals surface area (Å²) < 4.78 is 1.93. The maximum absolute atomic E-state index is 11.1. The Labute approximate surface area is 66.8 Å². The van der Waals surface area contributed by atoms with Gasteiger partial charge in [0.25, 0.3) is 0 Å². The lowest BCUT2D eigenvalue weighted by molar-refractivity contribution is 0.100. The normalized spacial score (nSPS) is 10.2. The molecule has 0 fully saturated rings. The Morgan fingerprint density at radius 2 is 2.00 bits per heavy atom. The average Bonchev–Trinajstić information content (AvgIpc) is 2.07. The van der Waals surface area contributed by atoms with Crippen molar-refractivity contribution in [3.8, 4) is 0 Å². The van der Waals surface area contributed by atoms with Crippen molar-refractivity contribution in [2.75, 3.05) is 0 Å². The molecule has 0 aliphatic rings. The fourth-order valence-corrected chi connectivity index (χ4v) is 1.43. The highest BCUT2D eigenvalue weighted by atomic mass is 16.1. The average molecular weight is 151 g/mol. The summed E-state index contributed by atoms with van der Waals surface area (Å²) in [7, 11) is 1.92. The van der Waals surface area contributed by atoms with Gasteiger partial charge in [0, 0.05) is 19.7 Å². The van der Waals surface area contributed by atoms with Gasteiger partial charge in [-0.2, -0.15) is 0 Å². The Hall–Kier alpha value is -1.05. The van der Waals surface area contributed by atoms with E-state index in [0.717, 1.165) is 17.0 Å². The van der Waals surface area contributed by atoms with Gasteiger partial charge in [-0.25, -0.2) is 0 Å². The van der Waals surface area contributed by atoms with E-state index in [9.17, 15) is 4.79 Å². The second-order valence-corrected chi connectivity index (χ2v) is 2.93. The van der Waals surface area contributed by atoms with Crippen molar-refractivity contribution >= 4 is 5.78 Å². The molecule has 0 saturated carbocycles. The minimum Gasteiger partial charge on any atom is -0.345 e. The Morgan fingerprint density at radius 1 is 1.45 bits per heavy atom. The summed E-state index contributed by atoms with van der Waals surface area (Å²) in [5.41, 5.74) is 3.02. The molecular formula is C9H13NO. The molecule has 1 aromatic heterocycles. The molecule has 1 aromatic rings. The number of aryl methyl sites for hydroxylation is 2. The fourth-order valence-electron chi connectivity index (χ4n) is 1.43. The predicted octanol–water partition coefficient (Wildman–Crippen LogP) is 1.84. The minimum atomic E-state index is 0.137.